The van der Waals surface area contributed by atoms with Crippen molar-refractivity contribution in [3.8, 4) is 11.5 Å². The van der Waals surface area contributed by atoms with Gasteiger partial charge in [-0.1, -0.05) is 31.2 Å². The summed E-state index contributed by atoms with van der Waals surface area (Å²) in [6.07, 6.45) is 0.832. The van der Waals surface area contributed by atoms with Gasteiger partial charge in [-0.15, -0.1) is 0 Å². The summed E-state index contributed by atoms with van der Waals surface area (Å²) in [6, 6.07) is 9.63. The molecule has 2 heteroatoms. The molecular weight excluding hydrogens is 188 g/mol. The van der Waals surface area contributed by atoms with Gasteiger partial charge in [0.15, 0.2) is 0 Å². The van der Waals surface area contributed by atoms with E-state index in [1.807, 2.05) is 37.3 Å². The molecule has 2 aromatic rings. The number of hydrogen-bond donors (Lipinski definition) is 1. The number of aromatic hydroxyl groups is 1. The predicted molar refractivity (Wildman–Crippen MR) is 61.5 cm³/mol. The molecule has 0 aliphatic rings. The third-order valence-corrected chi connectivity index (χ3v) is 2.68. The van der Waals surface area contributed by atoms with E-state index in [0.717, 1.165) is 28.5 Å². The number of rotatable bonds is 2. The van der Waals surface area contributed by atoms with Gasteiger partial charge in [0.1, 0.15) is 11.5 Å². The second kappa shape index (κ2) is 3.81. The third-order valence-electron chi connectivity index (χ3n) is 2.68. The second-order valence-corrected chi connectivity index (χ2v) is 3.48. The topological polar surface area (TPSA) is 29.5 Å². The average molecular weight is 202 g/mol. The summed E-state index contributed by atoms with van der Waals surface area (Å²) in [6.45, 7) is 2.03. The maximum atomic E-state index is 10.0. The molecule has 0 heterocycles. The quantitative estimate of drug-likeness (QED) is 0.810. The van der Waals surface area contributed by atoms with Crippen LogP contribution in [0.3, 0.4) is 0 Å². The molecule has 0 aliphatic carbocycles. The van der Waals surface area contributed by atoms with E-state index >= 15 is 0 Å². The number of fused-ring (bicyclic) bond motifs is 1. The molecule has 0 fully saturated rings. The van der Waals surface area contributed by atoms with Gasteiger partial charge >= 0.3 is 0 Å². The zero-order chi connectivity index (χ0) is 10.8. The minimum absolute atomic E-state index is 0.369. The number of methoxy groups -OCH3 is 1. The molecule has 78 valence electrons. The first-order valence-electron chi connectivity index (χ1n) is 5.05. The van der Waals surface area contributed by atoms with Crippen molar-refractivity contribution >= 4 is 10.8 Å². The fourth-order valence-electron chi connectivity index (χ4n) is 1.82. The van der Waals surface area contributed by atoms with Crippen molar-refractivity contribution in [3.05, 3.63) is 35.9 Å². The first-order chi connectivity index (χ1) is 7.27. The maximum Gasteiger partial charge on any atom is 0.126 e. The molecule has 0 amide bonds. The minimum atomic E-state index is 0.369. The van der Waals surface area contributed by atoms with Gasteiger partial charge in [-0.25, -0.2) is 0 Å². The molecule has 0 radical (unpaired) electrons. The van der Waals surface area contributed by atoms with E-state index in [1.54, 1.807) is 7.11 Å². The Morgan fingerprint density at radius 1 is 1.13 bits per heavy atom. The molecule has 0 unspecified atom stereocenters. The lowest BCUT2D eigenvalue weighted by molar-refractivity contribution is 0.419. The van der Waals surface area contributed by atoms with Gasteiger partial charge in [0.2, 0.25) is 0 Å². The second-order valence-electron chi connectivity index (χ2n) is 3.48. The van der Waals surface area contributed by atoms with Gasteiger partial charge in [-0.2, -0.15) is 0 Å². The zero-order valence-electron chi connectivity index (χ0n) is 8.95. The molecule has 0 aromatic heterocycles. The van der Waals surface area contributed by atoms with Crippen LogP contribution < -0.4 is 4.74 Å². The average Bonchev–Trinajstić information content (AvgIpc) is 2.29. The highest BCUT2D eigenvalue weighted by Crippen LogP contribution is 2.34. The number of hydrogen-bond acceptors (Lipinski definition) is 2. The van der Waals surface area contributed by atoms with Crippen molar-refractivity contribution in [2.45, 2.75) is 13.3 Å². The van der Waals surface area contributed by atoms with E-state index in [4.69, 9.17) is 4.74 Å². The molecular formula is C13H14O2. The third kappa shape index (κ3) is 1.52. The van der Waals surface area contributed by atoms with Crippen LogP contribution in [-0.2, 0) is 6.42 Å². The van der Waals surface area contributed by atoms with Crippen LogP contribution in [0.2, 0.25) is 0 Å². The maximum absolute atomic E-state index is 10.0. The molecule has 2 rings (SSSR count). The van der Waals surface area contributed by atoms with Crippen molar-refractivity contribution in [3.63, 3.8) is 0 Å². The van der Waals surface area contributed by atoms with Gasteiger partial charge in [0.25, 0.3) is 0 Å². The van der Waals surface area contributed by atoms with Gasteiger partial charge in [-0.05, 0) is 18.1 Å². The SMILES string of the molecule is CCc1ccc2c(OC)cccc2c1O. The number of ether oxygens (including phenoxy) is 1. The summed E-state index contributed by atoms with van der Waals surface area (Å²) in [4.78, 5) is 0. The Hall–Kier alpha value is -1.70. The largest absolute Gasteiger partial charge is 0.507 e. The molecule has 0 atom stereocenters. The first-order valence-corrected chi connectivity index (χ1v) is 5.05. The fourth-order valence-corrected chi connectivity index (χ4v) is 1.82. The van der Waals surface area contributed by atoms with E-state index in [9.17, 15) is 5.11 Å². The summed E-state index contributed by atoms with van der Waals surface area (Å²) < 4.78 is 5.24. The molecule has 0 spiro atoms. The summed E-state index contributed by atoms with van der Waals surface area (Å²) in [5.74, 6) is 1.17. The van der Waals surface area contributed by atoms with Crippen LogP contribution in [0.25, 0.3) is 10.8 Å². The smallest absolute Gasteiger partial charge is 0.126 e. The van der Waals surface area contributed by atoms with E-state index in [0.29, 0.717) is 5.75 Å². The number of phenols is 1. The standard InChI is InChI=1S/C13H14O2/c1-3-9-7-8-10-11(13(9)14)5-4-6-12(10)15-2/h4-8,14H,3H2,1-2H3. The van der Waals surface area contributed by atoms with Gasteiger partial charge in [0.05, 0.1) is 7.11 Å². The Bertz CT molecular complexity index is 489. The van der Waals surface area contributed by atoms with E-state index in [2.05, 4.69) is 0 Å². The van der Waals surface area contributed by atoms with Crippen LogP contribution in [-0.4, -0.2) is 12.2 Å². The Morgan fingerprint density at radius 2 is 1.93 bits per heavy atom. The summed E-state index contributed by atoms with van der Waals surface area (Å²) >= 11 is 0. The molecule has 15 heavy (non-hydrogen) atoms. The molecule has 0 aliphatic heterocycles. The van der Waals surface area contributed by atoms with Crippen molar-refractivity contribution in [2.24, 2.45) is 0 Å². The highest BCUT2D eigenvalue weighted by Gasteiger charge is 2.07. The van der Waals surface area contributed by atoms with Gasteiger partial charge < -0.3 is 9.84 Å². The monoisotopic (exact) mass is 202 g/mol. The summed E-state index contributed by atoms with van der Waals surface area (Å²) in [5, 5.41) is 11.8. The summed E-state index contributed by atoms with van der Waals surface area (Å²) in [5.41, 5.74) is 0.968. The van der Waals surface area contributed by atoms with Crippen molar-refractivity contribution < 1.29 is 9.84 Å². The molecule has 2 nitrogen and oxygen atoms in total. The van der Waals surface area contributed by atoms with E-state index < -0.39 is 0 Å². The van der Waals surface area contributed by atoms with Crippen LogP contribution in [0.15, 0.2) is 30.3 Å². The minimum Gasteiger partial charge on any atom is -0.507 e. The Balaban J connectivity index is 2.78. The van der Waals surface area contributed by atoms with Crippen LogP contribution in [0.5, 0.6) is 11.5 Å². The Morgan fingerprint density at radius 3 is 2.60 bits per heavy atom. The first kappa shape index (κ1) is 9.84. The van der Waals surface area contributed by atoms with Crippen LogP contribution in [0, 0.1) is 0 Å². The molecule has 0 saturated heterocycles. The Kier molecular flexibility index (Phi) is 2.50. The van der Waals surface area contributed by atoms with Gasteiger partial charge in [0, 0.05) is 10.8 Å². The zero-order valence-corrected chi connectivity index (χ0v) is 8.95. The van der Waals surface area contributed by atoms with Crippen LogP contribution in [0.1, 0.15) is 12.5 Å². The van der Waals surface area contributed by atoms with Crippen molar-refractivity contribution in [1.82, 2.24) is 0 Å². The molecule has 1 N–H and O–H groups in total. The lowest BCUT2D eigenvalue weighted by Crippen LogP contribution is -1.87. The predicted octanol–water partition coefficient (Wildman–Crippen LogP) is 3.12. The fraction of sp³-hybridized carbons (Fsp3) is 0.231. The normalized spacial score (nSPS) is 10.5. The highest BCUT2D eigenvalue weighted by atomic mass is 16.5. The lowest BCUT2D eigenvalue weighted by Gasteiger charge is -2.09. The van der Waals surface area contributed by atoms with Crippen LogP contribution >= 0.6 is 0 Å². The lowest BCUT2D eigenvalue weighted by atomic mass is 10.0. The number of aryl methyl sites for hydroxylation is 1. The van der Waals surface area contributed by atoms with Crippen LogP contribution in [0.4, 0.5) is 0 Å². The Labute approximate surface area is 89.1 Å². The van der Waals surface area contributed by atoms with Crippen molar-refractivity contribution in [2.75, 3.05) is 7.11 Å². The molecule has 0 saturated carbocycles. The number of phenolic OH excluding ortho intramolecular Hbond substituents is 1. The van der Waals surface area contributed by atoms with Crippen molar-refractivity contribution in [1.29, 1.82) is 0 Å². The van der Waals surface area contributed by atoms with Gasteiger partial charge in [-0.3, -0.25) is 0 Å². The van der Waals surface area contributed by atoms with E-state index in [-0.39, 0.29) is 0 Å². The summed E-state index contributed by atoms with van der Waals surface area (Å²) in [7, 11) is 1.64. The van der Waals surface area contributed by atoms with E-state index in [1.165, 1.54) is 0 Å². The molecule has 2 aromatic carbocycles. The number of benzene rings is 2. The highest BCUT2D eigenvalue weighted by molar-refractivity contribution is 5.93. The molecule has 0 bridgehead atoms.